The second kappa shape index (κ2) is 5.48. The summed E-state index contributed by atoms with van der Waals surface area (Å²) in [5.41, 5.74) is 2.24. The van der Waals surface area contributed by atoms with Gasteiger partial charge in [0.2, 0.25) is 0 Å². The van der Waals surface area contributed by atoms with Crippen molar-refractivity contribution in [1.29, 1.82) is 0 Å². The molecule has 0 amide bonds. The van der Waals surface area contributed by atoms with Gasteiger partial charge in [-0.25, -0.2) is 9.97 Å². The van der Waals surface area contributed by atoms with Gasteiger partial charge in [-0.3, -0.25) is 0 Å². The Labute approximate surface area is 114 Å². The highest BCUT2D eigenvalue weighted by atomic mass is 15.4. The van der Waals surface area contributed by atoms with Crippen LogP contribution in [0.4, 0.5) is 0 Å². The van der Waals surface area contributed by atoms with E-state index in [9.17, 15) is 0 Å². The zero-order chi connectivity index (χ0) is 14.0. The van der Waals surface area contributed by atoms with Crippen molar-refractivity contribution in [3.8, 4) is 5.82 Å². The monoisotopic (exact) mass is 259 g/mol. The Kier molecular flexibility index (Phi) is 3.95. The highest BCUT2D eigenvalue weighted by molar-refractivity contribution is 5.30. The molecule has 0 aliphatic rings. The van der Waals surface area contributed by atoms with Crippen LogP contribution in [0.2, 0.25) is 0 Å². The van der Waals surface area contributed by atoms with Gasteiger partial charge in [0.25, 0.3) is 0 Å². The number of aromatic nitrogens is 4. The van der Waals surface area contributed by atoms with E-state index in [-0.39, 0.29) is 0 Å². The van der Waals surface area contributed by atoms with E-state index in [0.717, 1.165) is 29.7 Å². The Bertz CT molecular complexity index is 571. The highest BCUT2D eigenvalue weighted by Gasteiger charge is 2.08. The first-order valence-corrected chi connectivity index (χ1v) is 6.58. The molecule has 2 heterocycles. The van der Waals surface area contributed by atoms with E-state index in [4.69, 9.17) is 0 Å². The van der Waals surface area contributed by atoms with Crippen LogP contribution >= 0.6 is 0 Å². The SMILES string of the molecule is Cc1nc(C)n(-c2ccc(CNC(C)C)c(C)n2)n1. The molecule has 2 aromatic rings. The molecule has 0 atom stereocenters. The summed E-state index contributed by atoms with van der Waals surface area (Å²) >= 11 is 0. The van der Waals surface area contributed by atoms with Gasteiger partial charge < -0.3 is 5.32 Å². The Balaban J connectivity index is 2.26. The molecule has 0 aliphatic carbocycles. The molecule has 5 nitrogen and oxygen atoms in total. The molecule has 19 heavy (non-hydrogen) atoms. The van der Waals surface area contributed by atoms with Crippen LogP contribution in [0.3, 0.4) is 0 Å². The van der Waals surface area contributed by atoms with Crippen molar-refractivity contribution in [3.05, 3.63) is 35.0 Å². The van der Waals surface area contributed by atoms with Crippen LogP contribution in [0.25, 0.3) is 5.82 Å². The Morgan fingerprint density at radius 1 is 1.16 bits per heavy atom. The summed E-state index contributed by atoms with van der Waals surface area (Å²) in [5.74, 6) is 2.45. The van der Waals surface area contributed by atoms with Crippen LogP contribution in [-0.4, -0.2) is 25.8 Å². The summed E-state index contributed by atoms with van der Waals surface area (Å²) in [7, 11) is 0. The maximum Gasteiger partial charge on any atom is 0.155 e. The number of hydrogen-bond donors (Lipinski definition) is 1. The Morgan fingerprint density at radius 2 is 1.89 bits per heavy atom. The van der Waals surface area contributed by atoms with Gasteiger partial charge in [0, 0.05) is 18.3 Å². The molecule has 2 aromatic heterocycles. The van der Waals surface area contributed by atoms with Crippen LogP contribution in [0.5, 0.6) is 0 Å². The predicted molar refractivity (Wildman–Crippen MR) is 75.3 cm³/mol. The standard InChI is InChI=1S/C14H21N5/c1-9(2)15-8-13-6-7-14(16-10(13)3)19-12(5)17-11(4)18-19/h6-7,9,15H,8H2,1-5H3. The molecular formula is C14H21N5. The lowest BCUT2D eigenvalue weighted by Crippen LogP contribution is -2.22. The lowest BCUT2D eigenvalue weighted by atomic mass is 10.2. The van der Waals surface area contributed by atoms with Crippen molar-refractivity contribution in [2.75, 3.05) is 0 Å². The largest absolute Gasteiger partial charge is 0.310 e. The van der Waals surface area contributed by atoms with E-state index in [1.165, 1.54) is 5.56 Å². The number of rotatable bonds is 4. The third-order valence-electron chi connectivity index (χ3n) is 2.97. The number of nitrogens with one attached hydrogen (secondary N) is 1. The molecule has 0 saturated carbocycles. The van der Waals surface area contributed by atoms with Crippen molar-refractivity contribution in [1.82, 2.24) is 25.1 Å². The summed E-state index contributed by atoms with van der Waals surface area (Å²) in [6.07, 6.45) is 0. The summed E-state index contributed by atoms with van der Waals surface area (Å²) in [5, 5.41) is 7.76. The second-order valence-electron chi connectivity index (χ2n) is 5.07. The van der Waals surface area contributed by atoms with Gasteiger partial charge >= 0.3 is 0 Å². The van der Waals surface area contributed by atoms with Crippen molar-refractivity contribution in [2.24, 2.45) is 0 Å². The van der Waals surface area contributed by atoms with Gasteiger partial charge in [-0.15, -0.1) is 5.10 Å². The summed E-state index contributed by atoms with van der Waals surface area (Å²) in [4.78, 5) is 8.91. The molecule has 0 fully saturated rings. The third kappa shape index (κ3) is 3.17. The van der Waals surface area contributed by atoms with E-state index in [2.05, 4.69) is 40.3 Å². The quantitative estimate of drug-likeness (QED) is 0.913. The van der Waals surface area contributed by atoms with E-state index in [0.29, 0.717) is 6.04 Å². The minimum atomic E-state index is 0.472. The fraction of sp³-hybridized carbons (Fsp3) is 0.500. The average Bonchev–Trinajstić information content (AvgIpc) is 2.66. The zero-order valence-corrected chi connectivity index (χ0v) is 12.2. The van der Waals surface area contributed by atoms with E-state index < -0.39 is 0 Å². The molecule has 0 aliphatic heterocycles. The minimum absolute atomic E-state index is 0.472. The van der Waals surface area contributed by atoms with Crippen molar-refractivity contribution >= 4 is 0 Å². The first-order chi connectivity index (χ1) is 8.97. The third-order valence-corrected chi connectivity index (χ3v) is 2.97. The van der Waals surface area contributed by atoms with E-state index in [1.54, 1.807) is 4.68 Å². The number of hydrogen-bond acceptors (Lipinski definition) is 4. The lowest BCUT2D eigenvalue weighted by molar-refractivity contribution is 0.586. The van der Waals surface area contributed by atoms with Gasteiger partial charge in [0.1, 0.15) is 11.6 Å². The number of nitrogens with zero attached hydrogens (tertiary/aromatic N) is 4. The maximum absolute atomic E-state index is 4.62. The molecule has 5 heteroatoms. The Morgan fingerprint density at radius 3 is 2.42 bits per heavy atom. The zero-order valence-electron chi connectivity index (χ0n) is 12.2. The predicted octanol–water partition coefficient (Wildman–Crippen LogP) is 2.09. The maximum atomic E-state index is 4.62. The van der Waals surface area contributed by atoms with E-state index >= 15 is 0 Å². The van der Waals surface area contributed by atoms with Crippen LogP contribution in [-0.2, 0) is 6.54 Å². The fourth-order valence-corrected chi connectivity index (χ4v) is 1.93. The number of aryl methyl sites for hydroxylation is 3. The van der Waals surface area contributed by atoms with Crippen molar-refractivity contribution in [3.63, 3.8) is 0 Å². The Hall–Kier alpha value is -1.75. The summed E-state index contributed by atoms with van der Waals surface area (Å²) in [6, 6.07) is 4.56. The normalized spacial score (nSPS) is 11.3. The first-order valence-electron chi connectivity index (χ1n) is 6.58. The van der Waals surface area contributed by atoms with Gasteiger partial charge in [-0.05, 0) is 32.4 Å². The molecule has 1 N–H and O–H groups in total. The topological polar surface area (TPSA) is 55.6 Å². The molecule has 2 rings (SSSR count). The molecule has 0 aromatic carbocycles. The summed E-state index contributed by atoms with van der Waals surface area (Å²) < 4.78 is 1.78. The first kappa shape index (κ1) is 13.7. The average molecular weight is 259 g/mol. The molecule has 0 saturated heterocycles. The molecule has 0 spiro atoms. The van der Waals surface area contributed by atoms with E-state index in [1.807, 2.05) is 26.8 Å². The molecular weight excluding hydrogens is 238 g/mol. The smallest absolute Gasteiger partial charge is 0.155 e. The van der Waals surface area contributed by atoms with Crippen molar-refractivity contribution in [2.45, 2.75) is 47.2 Å². The van der Waals surface area contributed by atoms with Crippen LogP contribution in [0.1, 0.15) is 36.8 Å². The van der Waals surface area contributed by atoms with Crippen LogP contribution < -0.4 is 5.32 Å². The van der Waals surface area contributed by atoms with Gasteiger partial charge in [-0.1, -0.05) is 19.9 Å². The number of pyridine rings is 1. The minimum Gasteiger partial charge on any atom is -0.310 e. The van der Waals surface area contributed by atoms with Gasteiger partial charge in [0.15, 0.2) is 5.82 Å². The molecule has 102 valence electrons. The summed E-state index contributed by atoms with van der Waals surface area (Å²) in [6.45, 7) is 11.0. The lowest BCUT2D eigenvalue weighted by Gasteiger charge is -2.11. The van der Waals surface area contributed by atoms with Crippen molar-refractivity contribution < 1.29 is 0 Å². The molecule has 0 bridgehead atoms. The second-order valence-corrected chi connectivity index (χ2v) is 5.07. The molecule has 0 unspecified atom stereocenters. The van der Waals surface area contributed by atoms with Gasteiger partial charge in [-0.2, -0.15) is 4.68 Å². The van der Waals surface area contributed by atoms with Crippen LogP contribution in [0.15, 0.2) is 12.1 Å². The van der Waals surface area contributed by atoms with Gasteiger partial charge in [0.05, 0.1) is 0 Å². The highest BCUT2D eigenvalue weighted by Crippen LogP contribution is 2.11. The van der Waals surface area contributed by atoms with Crippen LogP contribution in [0, 0.1) is 20.8 Å². The fourth-order valence-electron chi connectivity index (χ4n) is 1.93. The molecule has 0 radical (unpaired) electrons.